The Morgan fingerprint density at radius 3 is 2.83 bits per heavy atom. The van der Waals surface area contributed by atoms with Gasteiger partial charge in [0.05, 0.1) is 0 Å². The summed E-state index contributed by atoms with van der Waals surface area (Å²) in [7, 11) is -3.69. The molecule has 0 spiro atoms. The minimum Gasteiger partial charge on any atom is -0.366 e. The second kappa shape index (κ2) is 5.24. The van der Waals surface area contributed by atoms with E-state index >= 15 is 0 Å². The van der Waals surface area contributed by atoms with Gasteiger partial charge in [-0.1, -0.05) is 13.3 Å². The molecule has 2 atom stereocenters. The van der Waals surface area contributed by atoms with E-state index in [9.17, 15) is 13.2 Å². The highest BCUT2D eigenvalue weighted by atomic mass is 32.2. The topological polar surface area (TPSA) is 79.0 Å². The third kappa shape index (κ3) is 3.00. The Labute approximate surface area is 107 Å². The van der Waals surface area contributed by atoms with E-state index in [0.29, 0.717) is 18.4 Å². The Balaban J connectivity index is 2.04. The molecule has 5 nitrogen and oxygen atoms in total. The summed E-state index contributed by atoms with van der Waals surface area (Å²) in [5.41, 5.74) is -0.485. The summed E-state index contributed by atoms with van der Waals surface area (Å²) >= 11 is 0. The van der Waals surface area contributed by atoms with Crippen LogP contribution in [0.5, 0.6) is 0 Å². The molecule has 0 radical (unpaired) electrons. The van der Waals surface area contributed by atoms with Gasteiger partial charge in [0.2, 0.25) is 15.5 Å². The number of hydrogen-bond acceptors (Lipinski definition) is 3. The fraction of sp³-hybridized carbons (Fsp3) is 0.583. The van der Waals surface area contributed by atoms with Gasteiger partial charge in [0.15, 0.2) is 0 Å². The molecular weight excluding hydrogens is 252 g/mol. The van der Waals surface area contributed by atoms with E-state index in [0.717, 1.165) is 19.3 Å². The molecule has 0 aromatic carbocycles. The SMILES string of the molecule is CC1CCC(CNS(=O)(=O)c2c[nH]ccc2=O)C1. The van der Waals surface area contributed by atoms with Gasteiger partial charge in [0.25, 0.3) is 0 Å². The van der Waals surface area contributed by atoms with Gasteiger partial charge in [0.1, 0.15) is 4.90 Å². The maximum atomic E-state index is 12.0. The van der Waals surface area contributed by atoms with E-state index in [1.165, 1.54) is 18.5 Å². The highest BCUT2D eigenvalue weighted by molar-refractivity contribution is 7.89. The zero-order chi connectivity index (χ0) is 13.2. The van der Waals surface area contributed by atoms with Gasteiger partial charge in [-0.05, 0) is 24.7 Å². The fourth-order valence-corrected chi connectivity index (χ4v) is 3.59. The van der Waals surface area contributed by atoms with Crippen LogP contribution >= 0.6 is 0 Å². The van der Waals surface area contributed by atoms with Gasteiger partial charge in [0, 0.05) is 25.0 Å². The summed E-state index contributed by atoms with van der Waals surface area (Å²) in [6.07, 6.45) is 5.89. The number of rotatable bonds is 4. The maximum absolute atomic E-state index is 12.0. The van der Waals surface area contributed by atoms with Crippen LogP contribution in [0.1, 0.15) is 26.2 Å². The van der Waals surface area contributed by atoms with E-state index in [1.54, 1.807) is 0 Å². The molecule has 0 amide bonds. The number of aromatic nitrogens is 1. The Morgan fingerprint density at radius 2 is 2.22 bits per heavy atom. The molecule has 1 saturated carbocycles. The zero-order valence-electron chi connectivity index (χ0n) is 10.3. The van der Waals surface area contributed by atoms with Crippen LogP contribution in [0.4, 0.5) is 0 Å². The van der Waals surface area contributed by atoms with Crippen molar-refractivity contribution in [2.75, 3.05) is 6.54 Å². The standard InChI is InChI=1S/C12H18N2O3S/c1-9-2-3-10(6-9)7-14-18(16,17)12-8-13-5-4-11(12)15/h4-5,8-10,14H,2-3,6-7H2,1H3,(H,13,15). The first kappa shape index (κ1) is 13.3. The van der Waals surface area contributed by atoms with Gasteiger partial charge in [-0.2, -0.15) is 0 Å². The fourth-order valence-electron chi connectivity index (χ4n) is 2.43. The second-order valence-corrected chi connectivity index (χ2v) is 6.74. The predicted octanol–water partition coefficient (Wildman–Crippen LogP) is 1.09. The normalized spacial score (nSPS) is 24.3. The van der Waals surface area contributed by atoms with Crippen molar-refractivity contribution in [3.8, 4) is 0 Å². The summed E-state index contributed by atoms with van der Waals surface area (Å²) in [6.45, 7) is 2.59. The van der Waals surface area contributed by atoms with E-state index < -0.39 is 15.5 Å². The van der Waals surface area contributed by atoms with Crippen LogP contribution in [0.2, 0.25) is 0 Å². The largest absolute Gasteiger partial charge is 0.366 e. The van der Waals surface area contributed by atoms with Crippen molar-refractivity contribution < 1.29 is 8.42 Å². The van der Waals surface area contributed by atoms with Crippen LogP contribution in [0.15, 0.2) is 28.2 Å². The average molecular weight is 270 g/mol. The average Bonchev–Trinajstić information content (AvgIpc) is 2.73. The molecule has 1 aromatic rings. The van der Waals surface area contributed by atoms with Crippen molar-refractivity contribution in [1.29, 1.82) is 0 Å². The van der Waals surface area contributed by atoms with Crippen LogP contribution in [0.25, 0.3) is 0 Å². The summed E-state index contributed by atoms with van der Waals surface area (Å²) in [6, 6.07) is 1.21. The predicted molar refractivity (Wildman–Crippen MR) is 68.8 cm³/mol. The first-order valence-corrected chi connectivity index (χ1v) is 7.64. The van der Waals surface area contributed by atoms with E-state index in [-0.39, 0.29) is 4.90 Å². The number of sulfonamides is 1. The summed E-state index contributed by atoms with van der Waals surface area (Å²) in [5, 5.41) is 0. The molecule has 1 aliphatic carbocycles. The maximum Gasteiger partial charge on any atom is 0.245 e. The first-order valence-electron chi connectivity index (χ1n) is 6.16. The van der Waals surface area contributed by atoms with Crippen LogP contribution in [-0.4, -0.2) is 19.9 Å². The summed E-state index contributed by atoms with van der Waals surface area (Å²) in [5.74, 6) is 1.05. The molecule has 0 bridgehead atoms. The Bertz CT molecular complexity index is 565. The minimum absolute atomic E-state index is 0.212. The highest BCUT2D eigenvalue weighted by Gasteiger charge is 2.24. The number of pyridine rings is 1. The smallest absolute Gasteiger partial charge is 0.245 e. The number of aromatic amines is 1. The van der Waals surface area contributed by atoms with E-state index in [2.05, 4.69) is 16.6 Å². The minimum atomic E-state index is -3.69. The lowest BCUT2D eigenvalue weighted by molar-refractivity contribution is 0.498. The van der Waals surface area contributed by atoms with Gasteiger partial charge in [-0.25, -0.2) is 13.1 Å². The molecule has 2 N–H and O–H groups in total. The molecular formula is C12H18N2O3S. The molecule has 1 aliphatic rings. The lowest BCUT2D eigenvalue weighted by Gasteiger charge is -2.11. The third-order valence-corrected chi connectivity index (χ3v) is 4.89. The van der Waals surface area contributed by atoms with Crippen molar-refractivity contribution in [3.63, 3.8) is 0 Å². The third-order valence-electron chi connectivity index (χ3n) is 3.44. The van der Waals surface area contributed by atoms with E-state index in [4.69, 9.17) is 0 Å². The molecule has 1 aromatic heterocycles. The Morgan fingerprint density at radius 1 is 1.44 bits per heavy atom. The molecule has 6 heteroatoms. The summed E-state index contributed by atoms with van der Waals surface area (Å²) < 4.78 is 26.5. The van der Waals surface area contributed by atoms with Crippen LogP contribution in [0.3, 0.4) is 0 Å². The molecule has 18 heavy (non-hydrogen) atoms. The number of hydrogen-bond donors (Lipinski definition) is 2. The molecule has 0 aliphatic heterocycles. The Kier molecular flexibility index (Phi) is 3.87. The number of nitrogens with one attached hydrogen (secondary N) is 2. The summed E-state index contributed by atoms with van der Waals surface area (Å²) in [4.78, 5) is 13.9. The number of H-pyrrole nitrogens is 1. The quantitative estimate of drug-likeness (QED) is 0.859. The lowest BCUT2D eigenvalue weighted by Crippen LogP contribution is -2.31. The van der Waals surface area contributed by atoms with Gasteiger partial charge >= 0.3 is 0 Å². The Hall–Kier alpha value is -1.14. The van der Waals surface area contributed by atoms with Crippen molar-refractivity contribution >= 4 is 10.0 Å². The lowest BCUT2D eigenvalue weighted by atomic mass is 10.1. The van der Waals surface area contributed by atoms with Crippen molar-refractivity contribution in [2.24, 2.45) is 11.8 Å². The molecule has 2 unspecified atom stereocenters. The monoisotopic (exact) mass is 270 g/mol. The van der Waals surface area contributed by atoms with Crippen molar-refractivity contribution in [1.82, 2.24) is 9.71 Å². The van der Waals surface area contributed by atoms with Gasteiger partial charge < -0.3 is 4.98 Å². The molecule has 0 saturated heterocycles. The molecule has 1 heterocycles. The van der Waals surface area contributed by atoms with Crippen molar-refractivity contribution in [3.05, 3.63) is 28.7 Å². The zero-order valence-corrected chi connectivity index (χ0v) is 11.2. The van der Waals surface area contributed by atoms with Crippen LogP contribution in [0, 0.1) is 11.8 Å². The molecule has 100 valence electrons. The first-order chi connectivity index (χ1) is 8.49. The van der Waals surface area contributed by atoms with Crippen LogP contribution < -0.4 is 10.2 Å². The van der Waals surface area contributed by atoms with Crippen LogP contribution in [-0.2, 0) is 10.0 Å². The van der Waals surface area contributed by atoms with Gasteiger partial charge in [-0.15, -0.1) is 0 Å². The second-order valence-electron chi connectivity index (χ2n) is 5.01. The van der Waals surface area contributed by atoms with Crippen molar-refractivity contribution in [2.45, 2.75) is 31.1 Å². The molecule has 2 rings (SSSR count). The highest BCUT2D eigenvalue weighted by Crippen LogP contribution is 2.29. The molecule has 1 fully saturated rings. The van der Waals surface area contributed by atoms with E-state index in [1.807, 2.05) is 0 Å². The van der Waals surface area contributed by atoms with Gasteiger partial charge in [-0.3, -0.25) is 4.79 Å².